The first kappa shape index (κ1) is 14.4. The Morgan fingerprint density at radius 2 is 2.32 bits per heavy atom. The molecule has 1 N–H and O–H groups in total. The van der Waals surface area contributed by atoms with Gasteiger partial charge < -0.3 is 0 Å². The minimum Gasteiger partial charge on any atom is -0.212 e. The number of sulfonamides is 1. The van der Waals surface area contributed by atoms with Crippen molar-refractivity contribution in [3.63, 3.8) is 0 Å². The molecule has 2 rings (SSSR count). The molecule has 4 nitrogen and oxygen atoms in total. The summed E-state index contributed by atoms with van der Waals surface area (Å²) in [7, 11) is -3.33. The lowest BCUT2D eigenvalue weighted by molar-refractivity contribution is 0.542. The summed E-state index contributed by atoms with van der Waals surface area (Å²) in [5.41, 5.74) is 1.14. The van der Waals surface area contributed by atoms with Crippen LogP contribution in [0.3, 0.4) is 0 Å². The average molecular weight is 296 g/mol. The lowest BCUT2D eigenvalue weighted by atomic mass is 10.2. The minimum atomic E-state index is -3.33. The molecule has 1 unspecified atom stereocenters. The van der Waals surface area contributed by atoms with Crippen molar-refractivity contribution < 1.29 is 8.42 Å². The van der Waals surface area contributed by atoms with E-state index in [1.165, 1.54) is 0 Å². The minimum absolute atomic E-state index is 0.0444. The van der Waals surface area contributed by atoms with Crippen molar-refractivity contribution in [1.29, 1.82) is 5.26 Å². The molecule has 102 valence electrons. The summed E-state index contributed by atoms with van der Waals surface area (Å²) in [4.78, 5) is 0. The number of benzene rings is 1. The van der Waals surface area contributed by atoms with Crippen LogP contribution in [0.5, 0.6) is 0 Å². The molecule has 1 aliphatic heterocycles. The fraction of sp³-hybridized carbons (Fsp3) is 0.462. The molecule has 0 saturated carbocycles. The van der Waals surface area contributed by atoms with Gasteiger partial charge in [0.1, 0.15) is 0 Å². The molecule has 0 amide bonds. The lowest BCUT2D eigenvalue weighted by Gasteiger charge is -2.22. The molecule has 1 aromatic carbocycles. The lowest BCUT2D eigenvalue weighted by Crippen LogP contribution is -2.38. The first-order chi connectivity index (χ1) is 9.09. The molecular weight excluding hydrogens is 280 g/mol. The van der Waals surface area contributed by atoms with E-state index < -0.39 is 10.0 Å². The highest BCUT2D eigenvalue weighted by atomic mass is 32.2. The summed E-state index contributed by atoms with van der Waals surface area (Å²) in [6.45, 7) is 0. The Labute approximate surface area is 118 Å². The molecule has 19 heavy (non-hydrogen) atoms. The van der Waals surface area contributed by atoms with E-state index in [0.29, 0.717) is 11.1 Å². The highest BCUT2D eigenvalue weighted by molar-refractivity contribution is 7.99. The second-order valence-electron chi connectivity index (χ2n) is 4.60. The van der Waals surface area contributed by atoms with Gasteiger partial charge in [-0.3, -0.25) is 0 Å². The van der Waals surface area contributed by atoms with E-state index in [9.17, 15) is 8.42 Å². The number of hydrogen-bond acceptors (Lipinski definition) is 4. The van der Waals surface area contributed by atoms with Crippen LogP contribution in [0, 0.1) is 11.3 Å². The molecule has 1 atom stereocenters. The molecule has 0 radical (unpaired) electrons. The zero-order chi connectivity index (χ0) is 13.7. The highest BCUT2D eigenvalue weighted by Gasteiger charge is 2.20. The quantitative estimate of drug-likeness (QED) is 0.921. The van der Waals surface area contributed by atoms with Crippen molar-refractivity contribution in [2.45, 2.75) is 24.6 Å². The molecule has 1 heterocycles. The Bertz CT molecular complexity index is 573. The maximum Gasteiger partial charge on any atom is 0.216 e. The molecule has 0 aliphatic carbocycles. The SMILES string of the molecule is N#Cc1cccc(CS(=O)(=O)NC2CCCSC2)c1. The maximum atomic E-state index is 12.1. The van der Waals surface area contributed by atoms with Crippen LogP contribution in [-0.2, 0) is 15.8 Å². The molecular formula is C13H16N2O2S2. The Balaban J connectivity index is 2.01. The van der Waals surface area contributed by atoms with E-state index in [0.717, 1.165) is 24.3 Å². The summed E-state index contributed by atoms with van der Waals surface area (Å²) in [6, 6.07) is 8.79. The van der Waals surface area contributed by atoms with Crippen LogP contribution in [0.1, 0.15) is 24.0 Å². The average Bonchev–Trinajstić information content (AvgIpc) is 2.39. The van der Waals surface area contributed by atoms with Crippen LogP contribution in [-0.4, -0.2) is 26.0 Å². The fourth-order valence-electron chi connectivity index (χ4n) is 2.08. The van der Waals surface area contributed by atoms with Crippen molar-refractivity contribution in [1.82, 2.24) is 4.72 Å². The van der Waals surface area contributed by atoms with Crippen LogP contribution in [0.25, 0.3) is 0 Å². The Morgan fingerprint density at radius 3 is 3.00 bits per heavy atom. The van der Waals surface area contributed by atoms with Crippen molar-refractivity contribution >= 4 is 21.8 Å². The third-order valence-electron chi connectivity index (χ3n) is 2.92. The van der Waals surface area contributed by atoms with Gasteiger partial charge in [-0.1, -0.05) is 12.1 Å². The largest absolute Gasteiger partial charge is 0.216 e. The number of nitrogens with one attached hydrogen (secondary N) is 1. The maximum absolute atomic E-state index is 12.1. The number of hydrogen-bond donors (Lipinski definition) is 1. The topological polar surface area (TPSA) is 70.0 Å². The Kier molecular flexibility index (Phi) is 4.86. The van der Waals surface area contributed by atoms with Gasteiger partial charge >= 0.3 is 0 Å². The van der Waals surface area contributed by atoms with Gasteiger partial charge in [0, 0.05) is 11.8 Å². The smallest absolute Gasteiger partial charge is 0.212 e. The molecule has 1 saturated heterocycles. The predicted molar refractivity (Wildman–Crippen MR) is 77.3 cm³/mol. The zero-order valence-corrected chi connectivity index (χ0v) is 12.1. The molecule has 6 heteroatoms. The summed E-state index contributed by atoms with van der Waals surface area (Å²) in [5.74, 6) is 1.89. The molecule has 0 aromatic heterocycles. The summed E-state index contributed by atoms with van der Waals surface area (Å²) in [5, 5.41) is 8.80. The van der Waals surface area contributed by atoms with Gasteiger partial charge in [0.2, 0.25) is 10.0 Å². The standard InChI is InChI=1S/C13H16N2O2S2/c14-8-11-3-1-4-12(7-11)10-19(16,17)15-13-5-2-6-18-9-13/h1,3-4,7,13,15H,2,5-6,9-10H2. The Morgan fingerprint density at radius 1 is 1.47 bits per heavy atom. The second-order valence-corrected chi connectivity index (χ2v) is 7.51. The van der Waals surface area contributed by atoms with Crippen molar-refractivity contribution in [2.24, 2.45) is 0 Å². The number of nitrogens with zero attached hydrogens (tertiary/aromatic N) is 1. The third kappa shape index (κ3) is 4.53. The van der Waals surface area contributed by atoms with Crippen LogP contribution in [0.4, 0.5) is 0 Å². The zero-order valence-electron chi connectivity index (χ0n) is 10.5. The van der Waals surface area contributed by atoms with Crippen molar-refractivity contribution in [2.75, 3.05) is 11.5 Å². The van der Waals surface area contributed by atoms with Gasteiger partial charge in [-0.2, -0.15) is 17.0 Å². The second kappa shape index (κ2) is 6.42. The Hall–Kier alpha value is -1.03. The van der Waals surface area contributed by atoms with E-state index in [1.54, 1.807) is 36.0 Å². The molecule has 0 spiro atoms. The monoisotopic (exact) mass is 296 g/mol. The van der Waals surface area contributed by atoms with Crippen LogP contribution in [0.15, 0.2) is 24.3 Å². The molecule has 1 fully saturated rings. The van der Waals surface area contributed by atoms with Gasteiger partial charge in [0.05, 0.1) is 17.4 Å². The van der Waals surface area contributed by atoms with Gasteiger partial charge in [0.15, 0.2) is 0 Å². The number of nitriles is 1. The summed E-state index contributed by atoms with van der Waals surface area (Å²) >= 11 is 1.79. The molecule has 1 aromatic rings. The third-order valence-corrected chi connectivity index (χ3v) is 5.54. The number of thioether (sulfide) groups is 1. The van der Waals surface area contributed by atoms with Crippen molar-refractivity contribution in [3.05, 3.63) is 35.4 Å². The highest BCUT2D eigenvalue weighted by Crippen LogP contribution is 2.18. The first-order valence-electron chi connectivity index (χ1n) is 6.16. The predicted octanol–water partition coefficient (Wildman–Crippen LogP) is 1.87. The van der Waals surface area contributed by atoms with Gasteiger partial charge in [-0.05, 0) is 36.3 Å². The summed E-state index contributed by atoms with van der Waals surface area (Å²) < 4.78 is 26.9. The van der Waals surface area contributed by atoms with E-state index in [2.05, 4.69) is 4.72 Å². The van der Waals surface area contributed by atoms with Crippen molar-refractivity contribution in [3.8, 4) is 6.07 Å². The van der Waals surface area contributed by atoms with E-state index >= 15 is 0 Å². The first-order valence-corrected chi connectivity index (χ1v) is 8.96. The fourth-order valence-corrected chi connectivity index (χ4v) is 4.67. The van der Waals surface area contributed by atoms with Gasteiger partial charge in [0.25, 0.3) is 0 Å². The molecule has 1 aliphatic rings. The van der Waals surface area contributed by atoms with E-state index in [-0.39, 0.29) is 11.8 Å². The number of rotatable bonds is 4. The van der Waals surface area contributed by atoms with Gasteiger partial charge in [-0.25, -0.2) is 13.1 Å². The normalized spacial score (nSPS) is 19.8. The van der Waals surface area contributed by atoms with Crippen LogP contribution >= 0.6 is 11.8 Å². The molecule has 0 bridgehead atoms. The van der Waals surface area contributed by atoms with E-state index in [4.69, 9.17) is 5.26 Å². The summed E-state index contributed by atoms with van der Waals surface area (Å²) in [6.07, 6.45) is 1.96. The van der Waals surface area contributed by atoms with Gasteiger partial charge in [-0.15, -0.1) is 0 Å². The van der Waals surface area contributed by atoms with Crippen LogP contribution < -0.4 is 4.72 Å². The van der Waals surface area contributed by atoms with Crippen LogP contribution in [0.2, 0.25) is 0 Å². The van der Waals surface area contributed by atoms with E-state index in [1.807, 2.05) is 6.07 Å².